The van der Waals surface area contributed by atoms with Gasteiger partial charge in [0.25, 0.3) is 0 Å². The summed E-state index contributed by atoms with van der Waals surface area (Å²) in [5.74, 6) is 1.17. The second-order valence-corrected chi connectivity index (χ2v) is 6.33. The second-order valence-electron chi connectivity index (χ2n) is 6.33. The summed E-state index contributed by atoms with van der Waals surface area (Å²) in [4.78, 5) is 14.5. The number of nitrogens with zero attached hydrogens (tertiary/aromatic N) is 1. The predicted octanol–water partition coefficient (Wildman–Crippen LogP) is 2.56. The quantitative estimate of drug-likeness (QED) is 0.837. The molecule has 3 nitrogen and oxygen atoms in total. The molecule has 0 aromatic carbocycles. The van der Waals surface area contributed by atoms with Gasteiger partial charge >= 0.3 is 0 Å². The van der Waals surface area contributed by atoms with Crippen LogP contribution in [0.25, 0.3) is 0 Å². The molecule has 2 aliphatic rings. The predicted molar refractivity (Wildman–Crippen MR) is 74.5 cm³/mol. The van der Waals surface area contributed by atoms with Gasteiger partial charge in [-0.3, -0.25) is 4.79 Å². The van der Waals surface area contributed by atoms with E-state index < -0.39 is 0 Å². The van der Waals surface area contributed by atoms with Crippen LogP contribution in [0, 0.1) is 5.92 Å². The normalized spacial score (nSPS) is 25.1. The van der Waals surface area contributed by atoms with E-state index in [1.165, 1.54) is 44.9 Å². The number of rotatable bonds is 3. The Balaban J connectivity index is 1.89. The smallest absolute Gasteiger partial charge is 0.224 e. The fourth-order valence-electron chi connectivity index (χ4n) is 3.40. The van der Waals surface area contributed by atoms with Crippen molar-refractivity contribution in [2.75, 3.05) is 20.1 Å². The average molecular weight is 252 g/mol. The van der Waals surface area contributed by atoms with Crippen molar-refractivity contribution < 1.29 is 4.79 Å². The van der Waals surface area contributed by atoms with Crippen molar-refractivity contribution in [3.63, 3.8) is 0 Å². The van der Waals surface area contributed by atoms with Crippen molar-refractivity contribution >= 4 is 5.91 Å². The van der Waals surface area contributed by atoms with E-state index in [0.29, 0.717) is 12.3 Å². The molecule has 1 saturated carbocycles. The lowest BCUT2D eigenvalue weighted by atomic mass is 9.79. The summed E-state index contributed by atoms with van der Waals surface area (Å²) < 4.78 is 0. The standard InChI is InChI=1S/C15H28N2O/c1-13-6-10-17(11-7-13)14(18)12-15(16-2)8-4-3-5-9-15/h13,16H,3-12H2,1-2H3. The van der Waals surface area contributed by atoms with E-state index in [1.807, 2.05) is 7.05 Å². The van der Waals surface area contributed by atoms with E-state index in [2.05, 4.69) is 17.1 Å². The Labute approximate surface area is 111 Å². The zero-order valence-electron chi connectivity index (χ0n) is 12.0. The molecule has 1 N–H and O–H groups in total. The van der Waals surface area contributed by atoms with E-state index in [4.69, 9.17) is 0 Å². The number of carbonyl (C=O) groups is 1. The lowest BCUT2D eigenvalue weighted by Gasteiger charge is -2.39. The minimum Gasteiger partial charge on any atom is -0.343 e. The topological polar surface area (TPSA) is 32.3 Å². The third-order valence-electron chi connectivity index (χ3n) is 4.97. The van der Waals surface area contributed by atoms with Crippen LogP contribution < -0.4 is 5.32 Å². The van der Waals surface area contributed by atoms with Gasteiger partial charge in [-0.25, -0.2) is 0 Å². The van der Waals surface area contributed by atoms with Crippen LogP contribution in [0.2, 0.25) is 0 Å². The zero-order valence-corrected chi connectivity index (χ0v) is 12.0. The molecule has 0 unspecified atom stereocenters. The van der Waals surface area contributed by atoms with Crippen molar-refractivity contribution in [3.05, 3.63) is 0 Å². The Bertz CT molecular complexity index is 276. The third kappa shape index (κ3) is 3.25. The number of nitrogens with one attached hydrogen (secondary N) is 1. The van der Waals surface area contributed by atoms with Crippen LogP contribution in [-0.4, -0.2) is 36.5 Å². The molecule has 2 fully saturated rings. The summed E-state index contributed by atoms with van der Waals surface area (Å²) in [6.45, 7) is 4.23. The lowest BCUT2D eigenvalue weighted by Crippen LogP contribution is -2.50. The first-order valence-corrected chi connectivity index (χ1v) is 7.62. The SMILES string of the molecule is CNC1(CC(=O)N2CCC(C)CC2)CCCCC1. The lowest BCUT2D eigenvalue weighted by molar-refractivity contribution is -0.134. The molecule has 0 radical (unpaired) electrons. The second kappa shape index (κ2) is 6.05. The molecule has 0 bridgehead atoms. The first kappa shape index (κ1) is 13.9. The Hall–Kier alpha value is -0.570. The van der Waals surface area contributed by atoms with Crippen molar-refractivity contribution in [1.29, 1.82) is 0 Å². The van der Waals surface area contributed by atoms with E-state index in [1.54, 1.807) is 0 Å². The van der Waals surface area contributed by atoms with Crippen molar-refractivity contribution in [1.82, 2.24) is 10.2 Å². The molecule has 18 heavy (non-hydrogen) atoms. The van der Waals surface area contributed by atoms with Gasteiger partial charge in [0.2, 0.25) is 5.91 Å². The average Bonchev–Trinajstić information content (AvgIpc) is 2.40. The minimum absolute atomic E-state index is 0.0956. The summed E-state index contributed by atoms with van der Waals surface area (Å²) in [6, 6.07) is 0. The zero-order chi connectivity index (χ0) is 13.0. The van der Waals surface area contributed by atoms with Gasteiger partial charge in [0, 0.05) is 25.0 Å². The summed E-state index contributed by atoms with van der Waals surface area (Å²) in [6.07, 6.45) is 9.27. The molecule has 1 aliphatic carbocycles. The van der Waals surface area contributed by atoms with Gasteiger partial charge in [0.1, 0.15) is 0 Å². The van der Waals surface area contributed by atoms with Crippen LogP contribution in [-0.2, 0) is 4.79 Å². The number of likely N-dealkylation sites (tertiary alicyclic amines) is 1. The molecule has 0 atom stereocenters. The third-order valence-corrected chi connectivity index (χ3v) is 4.97. The van der Waals surface area contributed by atoms with Gasteiger partial charge in [0.15, 0.2) is 0 Å². The van der Waals surface area contributed by atoms with E-state index >= 15 is 0 Å². The Morgan fingerprint density at radius 2 is 1.83 bits per heavy atom. The molecular weight excluding hydrogens is 224 g/mol. The van der Waals surface area contributed by atoms with Gasteiger partial charge < -0.3 is 10.2 Å². The van der Waals surface area contributed by atoms with Crippen molar-refractivity contribution in [3.8, 4) is 0 Å². The molecule has 0 spiro atoms. The minimum atomic E-state index is 0.0956. The molecule has 104 valence electrons. The van der Waals surface area contributed by atoms with Gasteiger partial charge in [-0.1, -0.05) is 26.2 Å². The summed E-state index contributed by atoms with van der Waals surface area (Å²) in [7, 11) is 2.02. The first-order valence-electron chi connectivity index (χ1n) is 7.62. The first-order chi connectivity index (χ1) is 8.65. The molecule has 0 aromatic rings. The molecular formula is C15H28N2O. The van der Waals surface area contributed by atoms with Gasteiger partial charge in [-0.15, -0.1) is 0 Å². The van der Waals surface area contributed by atoms with Crippen LogP contribution in [0.1, 0.15) is 58.3 Å². The molecule has 2 rings (SSSR count). The monoisotopic (exact) mass is 252 g/mol. The highest BCUT2D eigenvalue weighted by molar-refractivity contribution is 5.77. The molecule has 3 heteroatoms. The molecule has 1 amide bonds. The van der Waals surface area contributed by atoms with Crippen LogP contribution in [0.5, 0.6) is 0 Å². The molecule has 0 aromatic heterocycles. The van der Waals surface area contributed by atoms with Gasteiger partial charge in [-0.05, 0) is 38.6 Å². The van der Waals surface area contributed by atoms with Crippen molar-refractivity contribution in [2.24, 2.45) is 5.92 Å². The Morgan fingerprint density at radius 1 is 1.22 bits per heavy atom. The van der Waals surface area contributed by atoms with Gasteiger partial charge in [-0.2, -0.15) is 0 Å². The molecule has 1 aliphatic heterocycles. The molecule has 1 heterocycles. The maximum absolute atomic E-state index is 12.4. The van der Waals surface area contributed by atoms with E-state index in [9.17, 15) is 4.79 Å². The van der Waals surface area contributed by atoms with Crippen LogP contribution in [0.4, 0.5) is 0 Å². The highest BCUT2D eigenvalue weighted by Crippen LogP contribution is 2.31. The number of amides is 1. The number of carbonyl (C=O) groups excluding carboxylic acids is 1. The Kier molecular flexibility index (Phi) is 4.66. The van der Waals surface area contributed by atoms with E-state index in [-0.39, 0.29) is 5.54 Å². The van der Waals surface area contributed by atoms with Crippen LogP contribution in [0.15, 0.2) is 0 Å². The maximum Gasteiger partial charge on any atom is 0.224 e. The number of hydrogen-bond acceptors (Lipinski definition) is 2. The maximum atomic E-state index is 12.4. The van der Waals surface area contributed by atoms with Crippen LogP contribution in [0.3, 0.4) is 0 Å². The van der Waals surface area contributed by atoms with E-state index in [0.717, 1.165) is 19.0 Å². The fourth-order valence-corrected chi connectivity index (χ4v) is 3.40. The van der Waals surface area contributed by atoms with Crippen molar-refractivity contribution in [2.45, 2.75) is 63.8 Å². The Morgan fingerprint density at radius 3 is 2.39 bits per heavy atom. The number of hydrogen-bond donors (Lipinski definition) is 1. The largest absolute Gasteiger partial charge is 0.343 e. The summed E-state index contributed by atoms with van der Waals surface area (Å²) in [5.41, 5.74) is 0.0956. The summed E-state index contributed by atoms with van der Waals surface area (Å²) in [5, 5.41) is 3.45. The van der Waals surface area contributed by atoms with Crippen LogP contribution >= 0.6 is 0 Å². The fraction of sp³-hybridized carbons (Fsp3) is 0.933. The molecule has 1 saturated heterocycles. The number of piperidine rings is 1. The summed E-state index contributed by atoms with van der Waals surface area (Å²) >= 11 is 0. The highest BCUT2D eigenvalue weighted by atomic mass is 16.2. The highest BCUT2D eigenvalue weighted by Gasteiger charge is 2.34. The van der Waals surface area contributed by atoms with Gasteiger partial charge in [0.05, 0.1) is 0 Å².